The molecule has 5 heteroatoms. The van der Waals surface area contributed by atoms with Crippen LogP contribution in [0, 0.1) is 3.57 Å². The van der Waals surface area contributed by atoms with E-state index in [1.165, 1.54) is 13.0 Å². The second kappa shape index (κ2) is 4.78. The van der Waals surface area contributed by atoms with E-state index >= 15 is 0 Å². The summed E-state index contributed by atoms with van der Waals surface area (Å²) in [6.07, 6.45) is -2.25. The van der Waals surface area contributed by atoms with Crippen LogP contribution in [-0.2, 0) is 0 Å². The summed E-state index contributed by atoms with van der Waals surface area (Å²) in [4.78, 5) is 21.6. The van der Waals surface area contributed by atoms with Crippen molar-refractivity contribution in [2.75, 3.05) is 0 Å². The van der Waals surface area contributed by atoms with E-state index < -0.39 is 12.2 Å². The first kappa shape index (κ1) is 12.2. The second-order valence-corrected chi connectivity index (χ2v) is 4.10. The fourth-order valence-electron chi connectivity index (χ4n) is 1.18. The molecule has 0 fully saturated rings. The molecule has 1 aromatic carbocycles. The predicted octanol–water partition coefficient (Wildman–Crippen LogP) is 3.24. The lowest BCUT2D eigenvalue weighted by Crippen LogP contribution is -2.03. The van der Waals surface area contributed by atoms with Gasteiger partial charge in [-0.3, -0.25) is 9.59 Å². The molecule has 0 atom stereocenters. The Morgan fingerprint density at radius 3 is 2.47 bits per heavy atom. The number of Topliss-reactive ketones (excluding diaryl/α,β-unsaturated/α-hetero) is 1. The van der Waals surface area contributed by atoms with Gasteiger partial charge in [0.2, 0.25) is 0 Å². The zero-order chi connectivity index (χ0) is 11.6. The molecule has 0 spiro atoms. The van der Waals surface area contributed by atoms with Crippen molar-refractivity contribution in [3.05, 3.63) is 32.4 Å². The standard InChI is InChI=1S/C10H7F2IO2/c1-5(15)7-3-9(13)6(4-14)2-8(7)10(11)12/h2-4,10H,1H3. The van der Waals surface area contributed by atoms with Crippen LogP contribution < -0.4 is 0 Å². The average molecular weight is 324 g/mol. The van der Waals surface area contributed by atoms with Crippen LogP contribution >= 0.6 is 22.6 Å². The van der Waals surface area contributed by atoms with Crippen LogP contribution in [0.5, 0.6) is 0 Å². The number of hydrogen-bond donors (Lipinski definition) is 0. The molecule has 0 unspecified atom stereocenters. The molecule has 0 bridgehead atoms. The van der Waals surface area contributed by atoms with Gasteiger partial charge in [-0.25, -0.2) is 8.78 Å². The summed E-state index contributed by atoms with van der Waals surface area (Å²) >= 11 is 1.83. The van der Waals surface area contributed by atoms with Crippen LogP contribution in [0.2, 0.25) is 0 Å². The number of benzene rings is 1. The largest absolute Gasteiger partial charge is 0.298 e. The highest BCUT2D eigenvalue weighted by Crippen LogP contribution is 2.27. The molecule has 0 aliphatic heterocycles. The minimum atomic E-state index is -2.75. The minimum absolute atomic E-state index is 0.0278. The highest BCUT2D eigenvalue weighted by molar-refractivity contribution is 14.1. The lowest BCUT2D eigenvalue weighted by molar-refractivity contribution is 0.0997. The molecule has 2 nitrogen and oxygen atoms in total. The first-order chi connectivity index (χ1) is 6.97. The smallest absolute Gasteiger partial charge is 0.264 e. The summed E-state index contributed by atoms with van der Waals surface area (Å²) < 4.78 is 25.6. The van der Waals surface area contributed by atoms with Crippen LogP contribution in [0.15, 0.2) is 12.1 Å². The number of aldehydes is 1. The minimum Gasteiger partial charge on any atom is -0.298 e. The zero-order valence-electron chi connectivity index (χ0n) is 7.76. The predicted molar refractivity (Wildman–Crippen MR) is 59.5 cm³/mol. The van der Waals surface area contributed by atoms with Crippen LogP contribution in [-0.4, -0.2) is 12.1 Å². The number of hydrogen-bond acceptors (Lipinski definition) is 2. The van der Waals surface area contributed by atoms with Crippen molar-refractivity contribution < 1.29 is 18.4 Å². The molecule has 0 amide bonds. The molecular formula is C10H7F2IO2. The Kier molecular flexibility index (Phi) is 3.90. The highest BCUT2D eigenvalue weighted by atomic mass is 127. The van der Waals surface area contributed by atoms with E-state index in [1.807, 2.05) is 22.6 Å². The van der Waals surface area contributed by atoms with Gasteiger partial charge in [0.25, 0.3) is 6.43 Å². The maximum atomic E-state index is 12.6. The summed E-state index contributed by atoms with van der Waals surface area (Å²) in [6.45, 7) is 1.22. The molecule has 0 aliphatic carbocycles. The molecule has 0 saturated heterocycles. The normalized spacial score (nSPS) is 10.5. The van der Waals surface area contributed by atoms with Gasteiger partial charge in [0.15, 0.2) is 12.1 Å². The Labute approximate surface area is 98.8 Å². The Bertz CT molecular complexity index is 416. The Morgan fingerprint density at radius 1 is 1.47 bits per heavy atom. The molecule has 0 saturated carbocycles. The first-order valence-corrected chi connectivity index (χ1v) is 5.13. The van der Waals surface area contributed by atoms with Gasteiger partial charge in [-0.2, -0.15) is 0 Å². The number of carbonyl (C=O) groups is 2. The average Bonchev–Trinajstić information content (AvgIpc) is 2.16. The fraction of sp³-hybridized carbons (Fsp3) is 0.200. The molecule has 1 aromatic rings. The Hall–Kier alpha value is -0.850. The third-order valence-electron chi connectivity index (χ3n) is 1.91. The van der Waals surface area contributed by atoms with Crippen LogP contribution in [0.4, 0.5) is 8.78 Å². The van der Waals surface area contributed by atoms with Gasteiger partial charge in [-0.1, -0.05) is 0 Å². The maximum absolute atomic E-state index is 12.6. The van der Waals surface area contributed by atoms with Crippen LogP contribution in [0.1, 0.15) is 39.6 Å². The summed E-state index contributed by atoms with van der Waals surface area (Å²) in [5.74, 6) is -0.430. The van der Waals surface area contributed by atoms with Crippen LogP contribution in [0.3, 0.4) is 0 Å². The van der Waals surface area contributed by atoms with Gasteiger partial charge in [-0.05, 0) is 41.6 Å². The number of ketones is 1. The quantitative estimate of drug-likeness (QED) is 0.486. The van der Waals surface area contributed by atoms with Crippen molar-refractivity contribution >= 4 is 34.7 Å². The maximum Gasteiger partial charge on any atom is 0.264 e. The van der Waals surface area contributed by atoms with Crippen molar-refractivity contribution in [1.82, 2.24) is 0 Å². The summed E-state index contributed by atoms with van der Waals surface area (Å²) in [5.41, 5.74) is -0.235. The van der Waals surface area contributed by atoms with Gasteiger partial charge in [0.05, 0.1) is 0 Å². The molecular weight excluding hydrogens is 317 g/mol. The van der Waals surface area contributed by atoms with E-state index in [2.05, 4.69) is 0 Å². The lowest BCUT2D eigenvalue weighted by atomic mass is 10.0. The first-order valence-electron chi connectivity index (χ1n) is 4.05. The van der Waals surface area contributed by atoms with E-state index in [0.29, 0.717) is 9.86 Å². The lowest BCUT2D eigenvalue weighted by Gasteiger charge is -2.08. The summed E-state index contributed by atoms with van der Waals surface area (Å²) in [6, 6.07) is 2.38. The Morgan fingerprint density at radius 2 is 2.07 bits per heavy atom. The molecule has 15 heavy (non-hydrogen) atoms. The third kappa shape index (κ3) is 2.58. The van der Waals surface area contributed by atoms with Crippen molar-refractivity contribution in [1.29, 1.82) is 0 Å². The molecule has 0 aliphatic rings. The van der Waals surface area contributed by atoms with Crippen molar-refractivity contribution in [2.45, 2.75) is 13.3 Å². The molecule has 0 radical (unpaired) electrons. The highest BCUT2D eigenvalue weighted by Gasteiger charge is 2.18. The zero-order valence-corrected chi connectivity index (χ0v) is 9.92. The van der Waals surface area contributed by atoms with Crippen molar-refractivity contribution in [3.63, 3.8) is 0 Å². The number of rotatable bonds is 3. The van der Waals surface area contributed by atoms with Gasteiger partial charge in [-0.15, -0.1) is 0 Å². The number of alkyl halides is 2. The molecule has 1 rings (SSSR count). The van der Waals surface area contributed by atoms with Gasteiger partial charge in [0.1, 0.15) is 0 Å². The van der Waals surface area contributed by atoms with Crippen molar-refractivity contribution in [2.24, 2.45) is 0 Å². The van der Waals surface area contributed by atoms with E-state index in [1.54, 1.807) is 0 Å². The topological polar surface area (TPSA) is 34.1 Å². The summed E-state index contributed by atoms with van der Waals surface area (Å²) in [7, 11) is 0. The Balaban J connectivity index is 3.45. The molecule has 80 valence electrons. The molecule has 0 aromatic heterocycles. The van der Waals surface area contributed by atoms with E-state index in [0.717, 1.165) is 6.07 Å². The number of carbonyl (C=O) groups excluding carboxylic acids is 2. The number of halogens is 3. The second-order valence-electron chi connectivity index (χ2n) is 2.94. The monoisotopic (exact) mass is 324 g/mol. The van der Waals surface area contributed by atoms with Crippen LogP contribution in [0.25, 0.3) is 0 Å². The van der Waals surface area contributed by atoms with Gasteiger partial charge >= 0.3 is 0 Å². The van der Waals surface area contributed by atoms with Gasteiger partial charge in [0, 0.05) is 20.3 Å². The molecule has 0 N–H and O–H groups in total. The van der Waals surface area contributed by atoms with E-state index in [-0.39, 0.29) is 16.7 Å². The van der Waals surface area contributed by atoms with E-state index in [4.69, 9.17) is 0 Å². The summed E-state index contributed by atoms with van der Waals surface area (Å²) in [5, 5.41) is 0. The van der Waals surface area contributed by atoms with Gasteiger partial charge < -0.3 is 0 Å². The third-order valence-corrected chi connectivity index (χ3v) is 2.84. The fourth-order valence-corrected chi connectivity index (χ4v) is 1.78. The molecule has 0 heterocycles. The van der Waals surface area contributed by atoms with Crippen molar-refractivity contribution in [3.8, 4) is 0 Å². The van der Waals surface area contributed by atoms with E-state index in [9.17, 15) is 18.4 Å². The SMILES string of the molecule is CC(=O)c1cc(I)c(C=O)cc1C(F)F.